The van der Waals surface area contributed by atoms with E-state index in [2.05, 4.69) is 11.6 Å². The maximum Gasteiger partial charge on any atom is 0.0852 e. The Morgan fingerprint density at radius 2 is 2.58 bits per heavy atom. The van der Waals surface area contributed by atoms with Crippen LogP contribution in [-0.4, -0.2) is 42.1 Å². The van der Waals surface area contributed by atoms with Crippen molar-refractivity contribution in [2.45, 2.75) is 18.9 Å². The molecule has 3 heteroatoms. The lowest BCUT2D eigenvalue weighted by Crippen LogP contribution is -2.29. The fourth-order valence-electron chi connectivity index (χ4n) is 1.23. The van der Waals surface area contributed by atoms with Crippen LogP contribution in [-0.2, 0) is 0 Å². The molecule has 1 N–H and O–H groups in total. The third-order valence-corrected chi connectivity index (χ3v) is 1.91. The first-order chi connectivity index (χ1) is 5.83. The van der Waals surface area contributed by atoms with Gasteiger partial charge in [0, 0.05) is 13.1 Å². The lowest BCUT2D eigenvalue weighted by atomic mass is 10.2. The first kappa shape index (κ1) is 9.26. The molecule has 1 rings (SSSR count). The molecule has 0 aromatic heterocycles. The van der Waals surface area contributed by atoms with Crippen molar-refractivity contribution in [1.29, 1.82) is 0 Å². The molecule has 0 saturated carbocycles. The third-order valence-electron chi connectivity index (χ3n) is 1.91. The van der Waals surface area contributed by atoms with Crippen molar-refractivity contribution < 1.29 is 5.11 Å². The largest absolute Gasteiger partial charge is 0.391 e. The molecule has 0 saturated heterocycles. The van der Waals surface area contributed by atoms with Gasteiger partial charge in [-0.3, -0.25) is 4.99 Å². The van der Waals surface area contributed by atoms with Crippen molar-refractivity contribution in [3.8, 4) is 0 Å². The topological polar surface area (TPSA) is 35.8 Å². The molecule has 0 aromatic rings. The van der Waals surface area contributed by atoms with E-state index in [4.69, 9.17) is 0 Å². The number of hydrogen-bond donors (Lipinski definition) is 1. The minimum atomic E-state index is -0.243. The van der Waals surface area contributed by atoms with Gasteiger partial charge < -0.3 is 10.0 Å². The standard InChI is InChI=1S/C9H16N2O/c1-2-3-4-9(12)7-11-6-5-10-8-11/h2,8-9,12H,1,3-7H2. The molecule has 0 fully saturated rings. The van der Waals surface area contributed by atoms with E-state index in [-0.39, 0.29) is 6.10 Å². The van der Waals surface area contributed by atoms with Gasteiger partial charge in [-0.15, -0.1) is 6.58 Å². The number of aliphatic imine (C=N–C) groups is 1. The Morgan fingerprint density at radius 1 is 1.75 bits per heavy atom. The summed E-state index contributed by atoms with van der Waals surface area (Å²) < 4.78 is 0. The van der Waals surface area contributed by atoms with Crippen molar-refractivity contribution in [2.75, 3.05) is 19.6 Å². The molecular formula is C9H16N2O. The zero-order chi connectivity index (χ0) is 8.81. The number of aliphatic hydroxyl groups is 1. The van der Waals surface area contributed by atoms with Gasteiger partial charge in [0.05, 0.1) is 19.0 Å². The van der Waals surface area contributed by atoms with E-state index in [0.717, 1.165) is 25.9 Å². The number of nitrogens with zero attached hydrogens (tertiary/aromatic N) is 2. The highest BCUT2D eigenvalue weighted by molar-refractivity contribution is 5.56. The predicted octanol–water partition coefficient (Wildman–Crippen LogP) is 0.657. The van der Waals surface area contributed by atoms with E-state index in [0.29, 0.717) is 6.54 Å². The van der Waals surface area contributed by atoms with Gasteiger partial charge in [0.25, 0.3) is 0 Å². The van der Waals surface area contributed by atoms with Crippen LogP contribution >= 0.6 is 0 Å². The van der Waals surface area contributed by atoms with Gasteiger partial charge in [-0.05, 0) is 12.8 Å². The first-order valence-corrected chi connectivity index (χ1v) is 4.36. The molecule has 1 aliphatic rings. The summed E-state index contributed by atoms with van der Waals surface area (Å²) in [6, 6.07) is 0. The minimum Gasteiger partial charge on any atom is -0.391 e. The Kier molecular flexibility index (Phi) is 3.80. The summed E-state index contributed by atoms with van der Waals surface area (Å²) in [6.45, 7) is 6.14. The van der Waals surface area contributed by atoms with Gasteiger partial charge in [0.2, 0.25) is 0 Å². The van der Waals surface area contributed by atoms with Crippen LogP contribution in [0.5, 0.6) is 0 Å². The molecule has 0 aliphatic carbocycles. The monoisotopic (exact) mass is 168 g/mol. The van der Waals surface area contributed by atoms with Crippen LogP contribution in [0, 0.1) is 0 Å². The second-order valence-electron chi connectivity index (χ2n) is 3.04. The summed E-state index contributed by atoms with van der Waals surface area (Å²) in [7, 11) is 0. The Hall–Kier alpha value is -0.830. The second kappa shape index (κ2) is 4.93. The SMILES string of the molecule is C=CCCC(O)CN1C=NCC1. The molecule has 0 bridgehead atoms. The normalized spacial score (nSPS) is 18.2. The Balaban J connectivity index is 2.12. The van der Waals surface area contributed by atoms with Crippen LogP contribution in [0.25, 0.3) is 0 Å². The summed E-state index contributed by atoms with van der Waals surface area (Å²) >= 11 is 0. The van der Waals surface area contributed by atoms with E-state index in [9.17, 15) is 5.11 Å². The highest BCUT2D eigenvalue weighted by Crippen LogP contribution is 2.01. The third kappa shape index (κ3) is 3.05. The number of hydrogen-bond acceptors (Lipinski definition) is 3. The van der Waals surface area contributed by atoms with Crippen molar-refractivity contribution in [3.63, 3.8) is 0 Å². The lowest BCUT2D eigenvalue weighted by molar-refractivity contribution is 0.139. The van der Waals surface area contributed by atoms with Gasteiger partial charge in [-0.1, -0.05) is 6.08 Å². The first-order valence-electron chi connectivity index (χ1n) is 4.36. The summed E-state index contributed by atoms with van der Waals surface area (Å²) in [5.74, 6) is 0. The maximum absolute atomic E-state index is 9.49. The molecule has 1 heterocycles. The summed E-state index contributed by atoms with van der Waals surface area (Å²) in [5.41, 5.74) is 0. The molecular weight excluding hydrogens is 152 g/mol. The van der Waals surface area contributed by atoms with Gasteiger partial charge in [-0.25, -0.2) is 0 Å². The molecule has 0 radical (unpaired) electrons. The zero-order valence-electron chi connectivity index (χ0n) is 7.32. The van der Waals surface area contributed by atoms with Crippen LogP contribution in [0.3, 0.4) is 0 Å². The van der Waals surface area contributed by atoms with Gasteiger partial charge in [0.1, 0.15) is 0 Å². The maximum atomic E-state index is 9.49. The van der Waals surface area contributed by atoms with Crippen molar-refractivity contribution >= 4 is 6.34 Å². The average molecular weight is 168 g/mol. The Morgan fingerprint density at radius 3 is 3.17 bits per heavy atom. The molecule has 0 amide bonds. The van der Waals surface area contributed by atoms with E-state index < -0.39 is 0 Å². The van der Waals surface area contributed by atoms with Gasteiger partial charge in [-0.2, -0.15) is 0 Å². The number of β-amino-alcohol motifs (C(OH)–C–C–N with tert-alkyl or cyclic N) is 1. The fourth-order valence-corrected chi connectivity index (χ4v) is 1.23. The molecule has 0 spiro atoms. The van der Waals surface area contributed by atoms with Crippen LogP contribution < -0.4 is 0 Å². The number of allylic oxidation sites excluding steroid dienone is 1. The second-order valence-corrected chi connectivity index (χ2v) is 3.04. The quantitative estimate of drug-likeness (QED) is 0.612. The number of aliphatic hydroxyl groups excluding tert-OH is 1. The molecule has 1 atom stereocenters. The molecule has 0 aromatic carbocycles. The molecule has 1 unspecified atom stereocenters. The van der Waals surface area contributed by atoms with E-state index in [1.54, 1.807) is 0 Å². The minimum absolute atomic E-state index is 0.243. The highest BCUT2D eigenvalue weighted by Gasteiger charge is 2.10. The van der Waals surface area contributed by atoms with Crippen molar-refractivity contribution in [1.82, 2.24) is 4.90 Å². The summed E-state index contributed by atoms with van der Waals surface area (Å²) in [6.07, 6.45) is 5.09. The Bertz CT molecular complexity index is 168. The van der Waals surface area contributed by atoms with Crippen LogP contribution in [0.2, 0.25) is 0 Å². The zero-order valence-corrected chi connectivity index (χ0v) is 7.32. The summed E-state index contributed by atoms with van der Waals surface area (Å²) in [4.78, 5) is 6.12. The Labute approximate surface area is 73.4 Å². The smallest absolute Gasteiger partial charge is 0.0852 e. The van der Waals surface area contributed by atoms with E-state index in [1.165, 1.54) is 0 Å². The van der Waals surface area contributed by atoms with Crippen LogP contribution in [0.15, 0.2) is 17.6 Å². The summed E-state index contributed by atoms with van der Waals surface area (Å²) in [5, 5.41) is 9.49. The average Bonchev–Trinajstić information content (AvgIpc) is 2.53. The molecule has 1 aliphatic heterocycles. The van der Waals surface area contributed by atoms with Crippen molar-refractivity contribution in [2.24, 2.45) is 4.99 Å². The predicted molar refractivity (Wildman–Crippen MR) is 50.4 cm³/mol. The fraction of sp³-hybridized carbons (Fsp3) is 0.667. The number of rotatable bonds is 5. The van der Waals surface area contributed by atoms with E-state index >= 15 is 0 Å². The highest BCUT2D eigenvalue weighted by atomic mass is 16.3. The van der Waals surface area contributed by atoms with Gasteiger partial charge in [0.15, 0.2) is 0 Å². The molecule has 3 nitrogen and oxygen atoms in total. The van der Waals surface area contributed by atoms with E-state index in [1.807, 2.05) is 17.3 Å². The molecule has 12 heavy (non-hydrogen) atoms. The van der Waals surface area contributed by atoms with Crippen LogP contribution in [0.4, 0.5) is 0 Å². The van der Waals surface area contributed by atoms with Gasteiger partial charge >= 0.3 is 0 Å². The van der Waals surface area contributed by atoms with Crippen molar-refractivity contribution in [3.05, 3.63) is 12.7 Å². The molecule has 68 valence electrons. The van der Waals surface area contributed by atoms with Crippen LogP contribution in [0.1, 0.15) is 12.8 Å². The lowest BCUT2D eigenvalue weighted by Gasteiger charge is -2.17.